The van der Waals surface area contributed by atoms with E-state index in [1.165, 1.54) is 6.07 Å². The number of sulfone groups is 1. The van der Waals surface area contributed by atoms with Crippen molar-refractivity contribution in [3.8, 4) is 0 Å². The molecule has 6 nitrogen and oxygen atoms in total. The molecule has 1 saturated carbocycles. The Morgan fingerprint density at radius 2 is 2.15 bits per heavy atom. The highest BCUT2D eigenvalue weighted by Gasteiger charge is 2.30. The third-order valence-electron chi connectivity index (χ3n) is 3.75. The van der Waals surface area contributed by atoms with E-state index in [-0.39, 0.29) is 17.9 Å². The van der Waals surface area contributed by atoms with E-state index in [1.54, 1.807) is 0 Å². The Morgan fingerprint density at radius 1 is 1.35 bits per heavy atom. The van der Waals surface area contributed by atoms with Crippen LogP contribution in [0.2, 0.25) is 0 Å². The van der Waals surface area contributed by atoms with Crippen LogP contribution >= 0.6 is 0 Å². The zero-order chi connectivity index (χ0) is 14.2. The predicted molar refractivity (Wildman–Crippen MR) is 73.3 cm³/mol. The van der Waals surface area contributed by atoms with Crippen LogP contribution in [0.1, 0.15) is 43.1 Å². The van der Waals surface area contributed by atoms with Crippen LogP contribution in [0.15, 0.2) is 10.9 Å². The quantitative estimate of drug-likeness (QED) is 0.885. The first-order valence-electron chi connectivity index (χ1n) is 6.94. The SMILES string of the molecule is O=c1cc(CS(=O)(=O)C2CCCOC2)nc(C2CC2)[nH]1. The molecule has 7 heteroatoms. The Hall–Kier alpha value is -1.21. The molecular weight excluding hydrogens is 280 g/mol. The fourth-order valence-electron chi connectivity index (χ4n) is 2.47. The van der Waals surface area contributed by atoms with Crippen molar-refractivity contribution in [2.45, 2.75) is 42.6 Å². The third kappa shape index (κ3) is 3.09. The van der Waals surface area contributed by atoms with Crippen LogP contribution in [0.5, 0.6) is 0 Å². The summed E-state index contributed by atoms with van der Waals surface area (Å²) in [5.74, 6) is 0.746. The molecule has 1 unspecified atom stereocenters. The molecule has 0 amide bonds. The van der Waals surface area contributed by atoms with Crippen LogP contribution < -0.4 is 5.56 Å². The van der Waals surface area contributed by atoms with Gasteiger partial charge >= 0.3 is 0 Å². The van der Waals surface area contributed by atoms with Crippen molar-refractivity contribution in [3.05, 3.63) is 27.9 Å². The summed E-state index contributed by atoms with van der Waals surface area (Å²) in [4.78, 5) is 18.6. The van der Waals surface area contributed by atoms with E-state index in [1.807, 2.05) is 0 Å². The number of H-pyrrole nitrogens is 1. The van der Waals surface area contributed by atoms with Crippen molar-refractivity contribution in [3.63, 3.8) is 0 Å². The molecule has 1 atom stereocenters. The first-order chi connectivity index (χ1) is 9.54. The number of hydrogen-bond donors (Lipinski definition) is 1. The number of ether oxygens (including phenoxy) is 1. The lowest BCUT2D eigenvalue weighted by Gasteiger charge is -2.21. The van der Waals surface area contributed by atoms with Gasteiger partial charge in [-0.15, -0.1) is 0 Å². The molecule has 2 heterocycles. The molecule has 2 fully saturated rings. The van der Waals surface area contributed by atoms with Crippen LogP contribution in [0, 0.1) is 0 Å². The lowest BCUT2D eigenvalue weighted by Crippen LogP contribution is -2.32. The average Bonchev–Trinajstić information content (AvgIpc) is 3.23. The second-order valence-corrected chi connectivity index (χ2v) is 7.82. The fraction of sp³-hybridized carbons (Fsp3) is 0.692. The molecule has 1 N–H and O–H groups in total. The molecule has 0 bridgehead atoms. The van der Waals surface area contributed by atoms with Gasteiger partial charge in [-0.3, -0.25) is 4.79 Å². The van der Waals surface area contributed by atoms with E-state index in [4.69, 9.17) is 4.74 Å². The maximum atomic E-state index is 12.3. The minimum absolute atomic E-state index is 0.176. The standard InChI is InChI=1S/C13H18N2O4S/c16-12-6-10(14-13(15-12)9-3-4-9)8-20(17,18)11-2-1-5-19-7-11/h6,9,11H,1-5,7-8H2,(H,14,15,16). The summed E-state index contributed by atoms with van der Waals surface area (Å²) in [6, 6.07) is 1.28. The lowest BCUT2D eigenvalue weighted by molar-refractivity contribution is 0.0990. The second-order valence-electron chi connectivity index (χ2n) is 5.54. The maximum absolute atomic E-state index is 12.3. The van der Waals surface area contributed by atoms with E-state index in [0.717, 1.165) is 19.3 Å². The Bertz CT molecular complexity index is 643. The van der Waals surface area contributed by atoms with Gasteiger partial charge in [-0.1, -0.05) is 0 Å². The van der Waals surface area contributed by atoms with Gasteiger partial charge in [-0.25, -0.2) is 13.4 Å². The Balaban J connectivity index is 1.81. The summed E-state index contributed by atoms with van der Waals surface area (Å²) >= 11 is 0. The highest BCUT2D eigenvalue weighted by molar-refractivity contribution is 7.91. The Kier molecular flexibility index (Phi) is 3.64. The summed E-state index contributed by atoms with van der Waals surface area (Å²) in [5, 5.41) is -0.471. The van der Waals surface area contributed by atoms with Crippen molar-refractivity contribution in [2.75, 3.05) is 13.2 Å². The van der Waals surface area contributed by atoms with Crippen LogP contribution in [0.3, 0.4) is 0 Å². The molecule has 0 radical (unpaired) electrons. The van der Waals surface area contributed by atoms with Gasteiger partial charge in [-0.2, -0.15) is 0 Å². The van der Waals surface area contributed by atoms with Gasteiger partial charge in [0.25, 0.3) is 5.56 Å². The van der Waals surface area contributed by atoms with Crippen LogP contribution in [-0.2, 0) is 20.3 Å². The van der Waals surface area contributed by atoms with Crippen LogP contribution in [0.4, 0.5) is 0 Å². The first-order valence-corrected chi connectivity index (χ1v) is 8.65. The molecule has 1 aliphatic heterocycles. The number of hydrogen-bond acceptors (Lipinski definition) is 5. The molecule has 2 aliphatic rings. The van der Waals surface area contributed by atoms with Crippen LogP contribution in [0.25, 0.3) is 0 Å². The molecule has 20 heavy (non-hydrogen) atoms. The summed E-state index contributed by atoms with van der Waals surface area (Å²) in [6.07, 6.45) is 3.41. The van der Waals surface area contributed by atoms with E-state index < -0.39 is 15.1 Å². The zero-order valence-electron chi connectivity index (χ0n) is 11.2. The second kappa shape index (κ2) is 5.29. The van der Waals surface area contributed by atoms with Gasteiger partial charge in [-0.05, 0) is 25.7 Å². The Morgan fingerprint density at radius 3 is 2.80 bits per heavy atom. The molecule has 1 aromatic rings. The minimum atomic E-state index is -3.32. The molecule has 3 rings (SSSR count). The number of aromatic nitrogens is 2. The molecule has 110 valence electrons. The molecular formula is C13H18N2O4S. The minimum Gasteiger partial charge on any atom is -0.380 e. The van der Waals surface area contributed by atoms with Gasteiger partial charge in [0.15, 0.2) is 9.84 Å². The van der Waals surface area contributed by atoms with Gasteiger partial charge < -0.3 is 9.72 Å². The Labute approximate surface area is 117 Å². The van der Waals surface area contributed by atoms with Crippen molar-refractivity contribution in [2.24, 2.45) is 0 Å². The van der Waals surface area contributed by atoms with E-state index >= 15 is 0 Å². The number of nitrogens with zero attached hydrogens (tertiary/aromatic N) is 1. The van der Waals surface area contributed by atoms with Crippen LogP contribution in [-0.4, -0.2) is 36.8 Å². The largest absolute Gasteiger partial charge is 0.380 e. The topological polar surface area (TPSA) is 89.1 Å². The average molecular weight is 298 g/mol. The summed E-state index contributed by atoms with van der Waals surface area (Å²) in [7, 11) is -3.32. The number of rotatable bonds is 4. The summed E-state index contributed by atoms with van der Waals surface area (Å²) in [6.45, 7) is 0.877. The van der Waals surface area contributed by atoms with E-state index in [0.29, 0.717) is 30.5 Å². The summed E-state index contributed by atoms with van der Waals surface area (Å²) in [5.41, 5.74) is 0.0771. The molecule has 1 aliphatic carbocycles. The van der Waals surface area contributed by atoms with Gasteiger partial charge in [0.05, 0.1) is 23.3 Å². The summed E-state index contributed by atoms with van der Waals surface area (Å²) < 4.78 is 29.9. The van der Waals surface area contributed by atoms with Gasteiger partial charge in [0.2, 0.25) is 0 Å². The molecule has 0 spiro atoms. The number of aromatic amines is 1. The maximum Gasteiger partial charge on any atom is 0.251 e. The fourth-order valence-corrected chi connectivity index (χ4v) is 4.10. The van der Waals surface area contributed by atoms with E-state index in [9.17, 15) is 13.2 Å². The van der Waals surface area contributed by atoms with Crippen molar-refractivity contribution in [1.82, 2.24) is 9.97 Å². The van der Waals surface area contributed by atoms with Crippen molar-refractivity contribution in [1.29, 1.82) is 0 Å². The normalized spacial score (nSPS) is 23.7. The highest BCUT2D eigenvalue weighted by Crippen LogP contribution is 2.37. The monoisotopic (exact) mass is 298 g/mol. The van der Waals surface area contributed by atoms with Crippen molar-refractivity contribution >= 4 is 9.84 Å². The third-order valence-corrected chi connectivity index (χ3v) is 5.84. The molecule has 0 aromatic carbocycles. The highest BCUT2D eigenvalue weighted by atomic mass is 32.2. The molecule has 1 aromatic heterocycles. The zero-order valence-corrected chi connectivity index (χ0v) is 12.0. The van der Waals surface area contributed by atoms with Gasteiger partial charge in [0.1, 0.15) is 5.82 Å². The number of nitrogens with one attached hydrogen (secondary N) is 1. The predicted octanol–water partition coefficient (Wildman–Crippen LogP) is 0.741. The molecule has 1 saturated heterocycles. The smallest absolute Gasteiger partial charge is 0.251 e. The first kappa shape index (κ1) is 13.8. The van der Waals surface area contributed by atoms with Crippen molar-refractivity contribution < 1.29 is 13.2 Å². The van der Waals surface area contributed by atoms with E-state index in [2.05, 4.69) is 9.97 Å². The lowest BCUT2D eigenvalue weighted by atomic mass is 10.2. The van der Waals surface area contributed by atoms with Gasteiger partial charge in [0, 0.05) is 18.6 Å².